The van der Waals surface area contributed by atoms with E-state index in [1.54, 1.807) is 24.5 Å². The number of sulfonamides is 1. The highest BCUT2D eigenvalue weighted by Crippen LogP contribution is 2.27. The molecule has 2 aromatic heterocycles. The van der Waals surface area contributed by atoms with Crippen LogP contribution in [0.2, 0.25) is 0 Å². The first-order chi connectivity index (χ1) is 9.95. The first kappa shape index (κ1) is 17.1. The van der Waals surface area contributed by atoms with Crippen molar-refractivity contribution >= 4 is 48.6 Å². The molecule has 8 heteroatoms. The summed E-state index contributed by atoms with van der Waals surface area (Å²) in [6.07, 6.45) is 0. The lowest BCUT2D eigenvalue weighted by molar-refractivity contribution is 0.469. The van der Waals surface area contributed by atoms with Gasteiger partial charge < -0.3 is 5.32 Å². The van der Waals surface area contributed by atoms with E-state index in [1.807, 2.05) is 23.8 Å². The van der Waals surface area contributed by atoms with E-state index in [-0.39, 0.29) is 0 Å². The monoisotopic (exact) mass is 408 g/mol. The van der Waals surface area contributed by atoms with Crippen LogP contribution in [0.25, 0.3) is 0 Å². The fraction of sp³-hybridized carbons (Fsp3) is 0.385. The average molecular weight is 409 g/mol. The minimum Gasteiger partial charge on any atom is -0.312 e. The summed E-state index contributed by atoms with van der Waals surface area (Å²) in [6.45, 7) is 3.79. The molecule has 0 radical (unpaired) electrons. The molecule has 0 aromatic carbocycles. The SMILES string of the molecule is CCNCc1sccc1S(=O)(=O)N(C)Cc1cc(Br)cs1. The third-order valence-electron chi connectivity index (χ3n) is 2.93. The number of nitrogens with one attached hydrogen (secondary N) is 1. The normalized spacial score (nSPS) is 12.2. The second kappa shape index (κ2) is 7.34. The third kappa shape index (κ3) is 4.14. The summed E-state index contributed by atoms with van der Waals surface area (Å²) in [6, 6.07) is 3.64. The van der Waals surface area contributed by atoms with Gasteiger partial charge in [-0.1, -0.05) is 6.92 Å². The molecule has 0 aliphatic carbocycles. The molecule has 116 valence electrons. The maximum atomic E-state index is 12.7. The lowest BCUT2D eigenvalue weighted by atomic mass is 10.4. The smallest absolute Gasteiger partial charge is 0.244 e. The molecule has 4 nitrogen and oxygen atoms in total. The molecule has 0 spiro atoms. The van der Waals surface area contributed by atoms with Gasteiger partial charge in [-0.2, -0.15) is 4.31 Å². The van der Waals surface area contributed by atoms with Gasteiger partial charge in [0.05, 0.1) is 4.90 Å². The van der Waals surface area contributed by atoms with Crippen LogP contribution in [-0.2, 0) is 23.1 Å². The molecule has 0 unspecified atom stereocenters. The molecule has 1 N–H and O–H groups in total. The van der Waals surface area contributed by atoms with Gasteiger partial charge in [0.15, 0.2) is 0 Å². The first-order valence-electron chi connectivity index (χ1n) is 6.41. The van der Waals surface area contributed by atoms with Crippen molar-refractivity contribution in [3.63, 3.8) is 0 Å². The lowest BCUT2D eigenvalue weighted by Gasteiger charge is -2.16. The number of rotatable bonds is 7. The van der Waals surface area contributed by atoms with Gasteiger partial charge in [-0.15, -0.1) is 22.7 Å². The van der Waals surface area contributed by atoms with Crippen LogP contribution in [0.4, 0.5) is 0 Å². The van der Waals surface area contributed by atoms with Crippen molar-refractivity contribution in [2.45, 2.75) is 24.9 Å². The van der Waals surface area contributed by atoms with Crippen molar-refractivity contribution in [2.24, 2.45) is 0 Å². The molecule has 0 amide bonds. The van der Waals surface area contributed by atoms with Gasteiger partial charge in [0, 0.05) is 39.7 Å². The Kier molecular flexibility index (Phi) is 5.98. The second-order valence-corrected chi connectivity index (χ2v) is 9.41. The highest BCUT2D eigenvalue weighted by molar-refractivity contribution is 9.10. The van der Waals surface area contributed by atoms with Crippen LogP contribution in [0.15, 0.2) is 32.3 Å². The molecular weight excluding hydrogens is 392 g/mol. The Bertz CT molecular complexity index is 694. The van der Waals surface area contributed by atoms with E-state index in [2.05, 4.69) is 21.2 Å². The summed E-state index contributed by atoms with van der Waals surface area (Å²) in [4.78, 5) is 2.28. The maximum Gasteiger partial charge on any atom is 0.244 e. The highest BCUT2D eigenvalue weighted by atomic mass is 79.9. The number of hydrogen-bond donors (Lipinski definition) is 1. The largest absolute Gasteiger partial charge is 0.312 e. The van der Waals surface area contributed by atoms with Crippen LogP contribution >= 0.6 is 38.6 Å². The fourth-order valence-corrected chi connectivity index (χ4v) is 5.95. The Labute approximate surface area is 142 Å². The Balaban J connectivity index is 2.19. The topological polar surface area (TPSA) is 49.4 Å². The summed E-state index contributed by atoms with van der Waals surface area (Å²) >= 11 is 6.40. The lowest BCUT2D eigenvalue weighted by Crippen LogP contribution is -2.27. The number of hydrogen-bond acceptors (Lipinski definition) is 5. The van der Waals surface area contributed by atoms with Gasteiger partial charge in [-0.3, -0.25) is 0 Å². The molecule has 2 aromatic rings. The molecule has 0 aliphatic heterocycles. The van der Waals surface area contributed by atoms with Crippen LogP contribution in [-0.4, -0.2) is 26.3 Å². The van der Waals surface area contributed by atoms with Crippen molar-refractivity contribution in [1.29, 1.82) is 0 Å². The Morgan fingerprint density at radius 1 is 1.38 bits per heavy atom. The standard InChI is InChI=1S/C13H17BrN2O2S3/c1-3-15-7-12-13(4-5-19-12)21(17,18)16(2)8-11-6-10(14)9-20-11/h4-6,9,15H,3,7-8H2,1-2H3. The van der Waals surface area contributed by atoms with Crippen molar-refractivity contribution in [3.05, 3.63) is 37.1 Å². The summed E-state index contributed by atoms with van der Waals surface area (Å²) in [5.74, 6) is 0. The van der Waals surface area contributed by atoms with E-state index in [4.69, 9.17) is 0 Å². The van der Waals surface area contributed by atoms with E-state index in [0.717, 1.165) is 20.8 Å². The molecule has 0 saturated heterocycles. The van der Waals surface area contributed by atoms with Gasteiger partial charge >= 0.3 is 0 Å². The summed E-state index contributed by atoms with van der Waals surface area (Å²) < 4.78 is 27.8. The second-order valence-electron chi connectivity index (χ2n) is 4.48. The summed E-state index contributed by atoms with van der Waals surface area (Å²) in [5.41, 5.74) is 0. The zero-order chi connectivity index (χ0) is 15.5. The molecular formula is C13H17BrN2O2S3. The van der Waals surface area contributed by atoms with E-state index >= 15 is 0 Å². The molecule has 0 atom stereocenters. The van der Waals surface area contributed by atoms with Gasteiger partial charge in [0.1, 0.15) is 0 Å². The number of halogens is 1. The molecule has 0 fully saturated rings. The third-order valence-corrected chi connectivity index (χ3v) is 7.55. The predicted molar refractivity (Wildman–Crippen MR) is 92.4 cm³/mol. The first-order valence-corrected chi connectivity index (χ1v) is 10.4. The van der Waals surface area contributed by atoms with Gasteiger partial charge in [-0.25, -0.2) is 8.42 Å². The Hall–Kier alpha value is -0.250. The van der Waals surface area contributed by atoms with Crippen LogP contribution in [0.5, 0.6) is 0 Å². The molecule has 0 saturated carbocycles. The Morgan fingerprint density at radius 2 is 2.14 bits per heavy atom. The molecule has 2 rings (SSSR count). The number of nitrogens with zero attached hydrogens (tertiary/aromatic N) is 1. The van der Waals surface area contributed by atoms with Crippen molar-refractivity contribution in [1.82, 2.24) is 9.62 Å². The van der Waals surface area contributed by atoms with Gasteiger partial charge in [0.2, 0.25) is 10.0 Å². The quantitative estimate of drug-likeness (QED) is 0.762. The molecule has 2 heterocycles. The van der Waals surface area contributed by atoms with Crippen LogP contribution in [0.3, 0.4) is 0 Å². The van der Waals surface area contributed by atoms with Crippen molar-refractivity contribution in [2.75, 3.05) is 13.6 Å². The van der Waals surface area contributed by atoms with Gasteiger partial charge in [-0.05, 0) is 40.0 Å². The van der Waals surface area contributed by atoms with E-state index in [1.165, 1.54) is 15.6 Å². The minimum absolute atomic E-state index is 0.384. The molecule has 0 aliphatic rings. The molecule has 21 heavy (non-hydrogen) atoms. The van der Waals surface area contributed by atoms with E-state index in [0.29, 0.717) is 18.0 Å². The van der Waals surface area contributed by atoms with Crippen molar-refractivity contribution in [3.8, 4) is 0 Å². The van der Waals surface area contributed by atoms with Gasteiger partial charge in [0.25, 0.3) is 0 Å². The van der Waals surface area contributed by atoms with Crippen LogP contribution in [0.1, 0.15) is 16.7 Å². The summed E-state index contributed by atoms with van der Waals surface area (Å²) in [5, 5.41) is 6.96. The van der Waals surface area contributed by atoms with E-state index in [9.17, 15) is 8.42 Å². The van der Waals surface area contributed by atoms with Crippen molar-refractivity contribution < 1.29 is 8.42 Å². The summed E-state index contributed by atoms with van der Waals surface area (Å²) in [7, 11) is -1.83. The minimum atomic E-state index is -3.45. The predicted octanol–water partition coefficient (Wildman–Crippen LogP) is 3.50. The zero-order valence-corrected chi connectivity index (χ0v) is 15.8. The maximum absolute atomic E-state index is 12.7. The number of thiophene rings is 2. The zero-order valence-electron chi connectivity index (χ0n) is 11.8. The fourth-order valence-electron chi connectivity index (χ4n) is 1.84. The van der Waals surface area contributed by atoms with Crippen LogP contribution < -0.4 is 5.32 Å². The van der Waals surface area contributed by atoms with E-state index < -0.39 is 10.0 Å². The molecule has 0 bridgehead atoms. The van der Waals surface area contributed by atoms with Crippen LogP contribution in [0, 0.1) is 0 Å². The Morgan fingerprint density at radius 3 is 2.76 bits per heavy atom. The average Bonchev–Trinajstić information content (AvgIpc) is 3.05. The highest BCUT2D eigenvalue weighted by Gasteiger charge is 2.25.